The molecule has 0 aromatic carbocycles. The Morgan fingerprint density at radius 2 is 2.35 bits per heavy atom. The minimum atomic E-state index is -0.283. The highest BCUT2D eigenvalue weighted by atomic mass is 16.5. The molecule has 17 heavy (non-hydrogen) atoms. The molecule has 1 N–H and O–H groups in total. The minimum absolute atomic E-state index is 0.283. The van der Waals surface area contributed by atoms with Crippen LogP contribution in [0.15, 0.2) is 12.4 Å². The maximum atomic E-state index is 9.87. The van der Waals surface area contributed by atoms with Crippen molar-refractivity contribution in [3.63, 3.8) is 0 Å². The number of anilines is 1. The number of rotatable bonds is 3. The summed E-state index contributed by atoms with van der Waals surface area (Å²) in [7, 11) is 0. The van der Waals surface area contributed by atoms with Crippen LogP contribution in [0.2, 0.25) is 0 Å². The molecule has 5 nitrogen and oxygen atoms in total. The summed E-state index contributed by atoms with van der Waals surface area (Å²) in [4.78, 5) is 10.3. The van der Waals surface area contributed by atoms with Crippen LogP contribution in [0.25, 0.3) is 0 Å². The van der Waals surface area contributed by atoms with Crippen LogP contribution in [0.4, 0.5) is 5.82 Å². The van der Waals surface area contributed by atoms with Crippen LogP contribution in [-0.2, 0) is 0 Å². The number of aliphatic hydroxyl groups excluding tert-OH is 1. The zero-order chi connectivity index (χ0) is 12.3. The summed E-state index contributed by atoms with van der Waals surface area (Å²) in [6.45, 7) is 6.14. The molecule has 1 aliphatic rings. The van der Waals surface area contributed by atoms with E-state index in [9.17, 15) is 5.11 Å². The number of piperidine rings is 1. The first-order chi connectivity index (χ1) is 8.20. The summed E-state index contributed by atoms with van der Waals surface area (Å²) in [6, 6.07) is 1.83. The second-order valence-electron chi connectivity index (χ2n) is 4.43. The number of hydrogen-bond donors (Lipinski definition) is 1. The Labute approximate surface area is 101 Å². The number of aliphatic hydroxyl groups is 1. The summed E-state index contributed by atoms with van der Waals surface area (Å²) in [5.74, 6) is 1.78. The molecule has 5 heteroatoms. The zero-order valence-electron chi connectivity index (χ0n) is 10.3. The van der Waals surface area contributed by atoms with Gasteiger partial charge in [-0.1, -0.05) is 6.92 Å². The molecular formula is C12H19N3O2. The van der Waals surface area contributed by atoms with Gasteiger partial charge < -0.3 is 14.7 Å². The molecule has 0 radical (unpaired) electrons. The maximum absolute atomic E-state index is 9.87. The van der Waals surface area contributed by atoms with Crippen LogP contribution in [0.1, 0.15) is 20.3 Å². The quantitative estimate of drug-likeness (QED) is 0.852. The monoisotopic (exact) mass is 237 g/mol. The lowest BCUT2D eigenvalue weighted by molar-refractivity contribution is 0.102. The number of hydrogen-bond acceptors (Lipinski definition) is 5. The number of ether oxygens (including phenoxy) is 1. The molecule has 0 saturated carbocycles. The van der Waals surface area contributed by atoms with Gasteiger partial charge in [0.1, 0.15) is 12.1 Å². The van der Waals surface area contributed by atoms with Crippen molar-refractivity contribution in [2.24, 2.45) is 5.92 Å². The molecule has 1 aromatic heterocycles. The van der Waals surface area contributed by atoms with E-state index in [0.29, 0.717) is 24.9 Å². The van der Waals surface area contributed by atoms with E-state index in [4.69, 9.17) is 4.74 Å². The van der Waals surface area contributed by atoms with E-state index < -0.39 is 0 Å². The third-order valence-electron chi connectivity index (χ3n) is 3.16. The Bertz CT molecular complexity index is 373. The molecule has 0 aliphatic carbocycles. The first-order valence-electron chi connectivity index (χ1n) is 6.08. The molecule has 2 atom stereocenters. The zero-order valence-corrected chi connectivity index (χ0v) is 10.3. The Morgan fingerprint density at radius 3 is 3.06 bits per heavy atom. The van der Waals surface area contributed by atoms with E-state index in [2.05, 4.69) is 21.8 Å². The van der Waals surface area contributed by atoms with Gasteiger partial charge in [-0.25, -0.2) is 9.97 Å². The van der Waals surface area contributed by atoms with E-state index in [0.717, 1.165) is 18.8 Å². The normalized spacial score (nSPS) is 24.8. The van der Waals surface area contributed by atoms with Crippen LogP contribution >= 0.6 is 0 Å². The van der Waals surface area contributed by atoms with E-state index in [-0.39, 0.29) is 6.10 Å². The number of nitrogens with zero attached hydrogens (tertiary/aromatic N) is 3. The Balaban J connectivity index is 2.09. The minimum Gasteiger partial charge on any atom is -0.478 e. The molecule has 0 bridgehead atoms. The van der Waals surface area contributed by atoms with Crippen molar-refractivity contribution in [3.8, 4) is 5.88 Å². The van der Waals surface area contributed by atoms with Crippen LogP contribution in [-0.4, -0.2) is 40.9 Å². The van der Waals surface area contributed by atoms with Gasteiger partial charge in [0.05, 0.1) is 12.7 Å². The van der Waals surface area contributed by atoms with Gasteiger partial charge in [0.2, 0.25) is 5.88 Å². The molecule has 2 unspecified atom stereocenters. The maximum Gasteiger partial charge on any atom is 0.218 e. The van der Waals surface area contributed by atoms with Gasteiger partial charge >= 0.3 is 0 Å². The molecule has 1 aromatic rings. The van der Waals surface area contributed by atoms with Crippen molar-refractivity contribution < 1.29 is 9.84 Å². The lowest BCUT2D eigenvalue weighted by atomic mass is 9.96. The van der Waals surface area contributed by atoms with Crippen LogP contribution in [0.3, 0.4) is 0 Å². The molecule has 2 rings (SSSR count). The standard InChI is InChI=1S/C12H19N3O2/c1-3-17-12-6-11(13-8-14-12)15-5-4-9(2)10(16)7-15/h6,8-10,16H,3-5,7H2,1-2H3. The van der Waals surface area contributed by atoms with Gasteiger partial charge in [0, 0.05) is 19.2 Å². The summed E-state index contributed by atoms with van der Waals surface area (Å²) < 4.78 is 5.35. The highest BCUT2D eigenvalue weighted by molar-refractivity contribution is 5.41. The van der Waals surface area contributed by atoms with Crippen molar-refractivity contribution in [3.05, 3.63) is 12.4 Å². The van der Waals surface area contributed by atoms with Gasteiger partial charge in [-0.05, 0) is 19.3 Å². The van der Waals surface area contributed by atoms with Gasteiger partial charge in [-0.15, -0.1) is 0 Å². The Morgan fingerprint density at radius 1 is 1.53 bits per heavy atom. The molecular weight excluding hydrogens is 218 g/mol. The largest absolute Gasteiger partial charge is 0.478 e. The molecule has 0 amide bonds. The molecule has 1 saturated heterocycles. The SMILES string of the molecule is CCOc1cc(N2CCC(C)C(O)C2)ncn1. The van der Waals surface area contributed by atoms with Crippen molar-refractivity contribution in [2.75, 3.05) is 24.6 Å². The number of β-amino-alcohol motifs (C(OH)–C–C–N with tert-alkyl or cyclic N) is 1. The molecule has 2 heterocycles. The topological polar surface area (TPSA) is 58.5 Å². The van der Waals surface area contributed by atoms with E-state index in [1.807, 2.05) is 13.0 Å². The fourth-order valence-corrected chi connectivity index (χ4v) is 1.99. The third kappa shape index (κ3) is 2.85. The fraction of sp³-hybridized carbons (Fsp3) is 0.667. The predicted octanol–water partition coefficient (Wildman–Crippen LogP) is 1.08. The first-order valence-corrected chi connectivity index (χ1v) is 6.08. The lowest BCUT2D eigenvalue weighted by Crippen LogP contribution is -2.43. The Kier molecular flexibility index (Phi) is 3.78. The van der Waals surface area contributed by atoms with Crippen molar-refractivity contribution in [1.29, 1.82) is 0 Å². The van der Waals surface area contributed by atoms with Crippen molar-refractivity contribution in [2.45, 2.75) is 26.4 Å². The van der Waals surface area contributed by atoms with E-state index >= 15 is 0 Å². The summed E-state index contributed by atoms with van der Waals surface area (Å²) in [6.07, 6.45) is 2.20. The van der Waals surface area contributed by atoms with Gasteiger partial charge in [-0.3, -0.25) is 0 Å². The van der Waals surface area contributed by atoms with Crippen molar-refractivity contribution >= 4 is 5.82 Å². The first kappa shape index (κ1) is 12.1. The van der Waals surface area contributed by atoms with Crippen molar-refractivity contribution in [1.82, 2.24) is 9.97 Å². The average Bonchev–Trinajstić information content (AvgIpc) is 2.33. The average molecular weight is 237 g/mol. The van der Waals surface area contributed by atoms with Gasteiger partial charge in [-0.2, -0.15) is 0 Å². The summed E-state index contributed by atoms with van der Waals surface area (Å²) in [5.41, 5.74) is 0. The fourth-order valence-electron chi connectivity index (χ4n) is 1.99. The highest BCUT2D eigenvalue weighted by Crippen LogP contribution is 2.23. The predicted molar refractivity (Wildman–Crippen MR) is 65.2 cm³/mol. The van der Waals surface area contributed by atoms with E-state index in [1.165, 1.54) is 6.33 Å². The highest BCUT2D eigenvalue weighted by Gasteiger charge is 2.25. The molecule has 1 aliphatic heterocycles. The second kappa shape index (κ2) is 5.31. The van der Waals surface area contributed by atoms with Crippen LogP contribution < -0.4 is 9.64 Å². The van der Waals surface area contributed by atoms with Gasteiger partial charge in [0.15, 0.2) is 0 Å². The summed E-state index contributed by atoms with van der Waals surface area (Å²) >= 11 is 0. The molecule has 1 fully saturated rings. The Hall–Kier alpha value is -1.36. The van der Waals surface area contributed by atoms with Gasteiger partial charge in [0.25, 0.3) is 0 Å². The molecule has 94 valence electrons. The number of aromatic nitrogens is 2. The smallest absolute Gasteiger partial charge is 0.218 e. The lowest BCUT2D eigenvalue weighted by Gasteiger charge is -2.34. The molecule has 0 spiro atoms. The third-order valence-corrected chi connectivity index (χ3v) is 3.16. The summed E-state index contributed by atoms with van der Waals surface area (Å²) in [5, 5.41) is 9.87. The van der Waals surface area contributed by atoms with Crippen LogP contribution in [0, 0.1) is 5.92 Å². The van der Waals surface area contributed by atoms with E-state index in [1.54, 1.807) is 0 Å². The van der Waals surface area contributed by atoms with Crippen LogP contribution in [0.5, 0.6) is 5.88 Å². The second-order valence-corrected chi connectivity index (χ2v) is 4.43.